The summed E-state index contributed by atoms with van der Waals surface area (Å²) in [5, 5.41) is 3.57. The Balaban J connectivity index is 2.26. The zero-order valence-electron chi connectivity index (χ0n) is 11.9. The SMILES string of the molecule is CCC1(CC)CCN(CCNC(C)(C)C)C1. The molecule has 96 valence electrons. The van der Waals surface area contributed by atoms with E-state index in [-0.39, 0.29) is 5.54 Å². The molecule has 1 heterocycles. The van der Waals surface area contributed by atoms with Gasteiger partial charge in [-0.3, -0.25) is 0 Å². The number of likely N-dealkylation sites (tertiary alicyclic amines) is 1. The fourth-order valence-electron chi connectivity index (χ4n) is 2.63. The van der Waals surface area contributed by atoms with Crippen molar-refractivity contribution in [1.82, 2.24) is 10.2 Å². The van der Waals surface area contributed by atoms with Gasteiger partial charge in [-0.25, -0.2) is 0 Å². The summed E-state index contributed by atoms with van der Waals surface area (Å²) in [5.74, 6) is 0. The van der Waals surface area contributed by atoms with Crippen molar-refractivity contribution in [2.24, 2.45) is 5.41 Å². The zero-order valence-corrected chi connectivity index (χ0v) is 11.9. The monoisotopic (exact) mass is 226 g/mol. The van der Waals surface area contributed by atoms with Gasteiger partial charge in [0.05, 0.1) is 0 Å². The molecule has 0 atom stereocenters. The van der Waals surface area contributed by atoms with Crippen molar-refractivity contribution in [2.75, 3.05) is 26.2 Å². The van der Waals surface area contributed by atoms with Crippen LogP contribution in [0.3, 0.4) is 0 Å². The Morgan fingerprint density at radius 2 is 1.81 bits per heavy atom. The van der Waals surface area contributed by atoms with Gasteiger partial charge in [0.1, 0.15) is 0 Å². The maximum Gasteiger partial charge on any atom is 0.0107 e. The smallest absolute Gasteiger partial charge is 0.0107 e. The van der Waals surface area contributed by atoms with Crippen LogP contribution in [-0.4, -0.2) is 36.6 Å². The molecular weight excluding hydrogens is 196 g/mol. The van der Waals surface area contributed by atoms with Crippen LogP contribution in [0, 0.1) is 5.41 Å². The minimum Gasteiger partial charge on any atom is -0.311 e. The van der Waals surface area contributed by atoms with E-state index < -0.39 is 0 Å². The average molecular weight is 226 g/mol. The summed E-state index contributed by atoms with van der Waals surface area (Å²) < 4.78 is 0. The number of nitrogens with zero attached hydrogens (tertiary/aromatic N) is 1. The molecule has 0 aromatic rings. The third-order valence-corrected chi connectivity index (χ3v) is 4.10. The van der Waals surface area contributed by atoms with E-state index in [1.165, 1.54) is 38.9 Å². The molecule has 1 N–H and O–H groups in total. The Hall–Kier alpha value is -0.0800. The molecular formula is C14H30N2. The number of hydrogen-bond acceptors (Lipinski definition) is 2. The van der Waals surface area contributed by atoms with Crippen LogP contribution in [0.2, 0.25) is 0 Å². The lowest BCUT2D eigenvalue weighted by atomic mass is 9.82. The van der Waals surface area contributed by atoms with Crippen molar-refractivity contribution >= 4 is 0 Å². The molecule has 1 fully saturated rings. The first kappa shape index (κ1) is 14.0. The van der Waals surface area contributed by atoms with E-state index >= 15 is 0 Å². The Morgan fingerprint density at radius 1 is 1.19 bits per heavy atom. The van der Waals surface area contributed by atoms with Gasteiger partial charge < -0.3 is 10.2 Å². The molecule has 0 amide bonds. The lowest BCUT2D eigenvalue weighted by Gasteiger charge is -2.27. The molecule has 0 bridgehead atoms. The second-order valence-electron chi connectivity index (χ2n) is 6.41. The summed E-state index contributed by atoms with van der Waals surface area (Å²) in [6, 6.07) is 0. The largest absolute Gasteiger partial charge is 0.311 e. The highest BCUT2D eigenvalue weighted by Gasteiger charge is 2.34. The van der Waals surface area contributed by atoms with Crippen molar-refractivity contribution in [3.05, 3.63) is 0 Å². The molecule has 1 saturated heterocycles. The van der Waals surface area contributed by atoms with E-state index in [2.05, 4.69) is 44.8 Å². The van der Waals surface area contributed by atoms with Crippen molar-refractivity contribution in [2.45, 2.75) is 59.4 Å². The summed E-state index contributed by atoms with van der Waals surface area (Å²) in [6.45, 7) is 16.3. The molecule has 1 aliphatic heterocycles. The summed E-state index contributed by atoms with van der Waals surface area (Å²) >= 11 is 0. The Bertz CT molecular complexity index is 201. The van der Waals surface area contributed by atoms with E-state index in [9.17, 15) is 0 Å². The quantitative estimate of drug-likeness (QED) is 0.775. The molecule has 2 nitrogen and oxygen atoms in total. The molecule has 1 aliphatic rings. The van der Waals surface area contributed by atoms with E-state index in [1.54, 1.807) is 0 Å². The van der Waals surface area contributed by atoms with Gasteiger partial charge in [-0.2, -0.15) is 0 Å². The molecule has 16 heavy (non-hydrogen) atoms. The predicted octanol–water partition coefficient (Wildman–Crippen LogP) is 2.89. The molecule has 0 aromatic carbocycles. The summed E-state index contributed by atoms with van der Waals surface area (Å²) in [5.41, 5.74) is 0.883. The van der Waals surface area contributed by atoms with Crippen molar-refractivity contribution in [3.8, 4) is 0 Å². The van der Waals surface area contributed by atoms with Gasteiger partial charge in [0, 0.05) is 25.2 Å². The highest BCUT2D eigenvalue weighted by molar-refractivity contribution is 4.88. The lowest BCUT2D eigenvalue weighted by molar-refractivity contribution is 0.236. The molecule has 0 aromatic heterocycles. The standard InChI is InChI=1S/C14H30N2/c1-6-14(7-2)8-10-16(12-14)11-9-15-13(3,4)5/h15H,6-12H2,1-5H3. The lowest BCUT2D eigenvalue weighted by Crippen LogP contribution is -2.41. The van der Waals surface area contributed by atoms with Crippen LogP contribution in [0.5, 0.6) is 0 Å². The topological polar surface area (TPSA) is 15.3 Å². The van der Waals surface area contributed by atoms with E-state index in [0.717, 1.165) is 6.54 Å². The van der Waals surface area contributed by atoms with Gasteiger partial charge in [0.2, 0.25) is 0 Å². The third kappa shape index (κ3) is 4.06. The molecule has 1 rings (SSSR count). The van der Waals surface area contributed by atoms with Crippen LogP contribution in [0.25, 0.3) is 0 Å². The maximum atomic E-state index is 3.57. The van der Waals surface area contributed by atoms with Gasteiger partial charge in [-0.15, -0.1) is 0 Å². The van der Waals surface area contributed by atoms with Crippen molar-refractivity contribution < 1.29 is 0 Å². The van der Waals surface area contributed by atoms with Crippen LogP contribution in [-0.2, 0) is 0 Å². The van der Waals surface area contributed by atoms with Crippen molar-refractivity contribution in [1.29, 1.82) is 0 Å². The molecule has 2 heteroatoms. The highest BCUT2D eigenvalue weighted by Crippen LogP contribution is 2.36. The normalized spacial score (nSPS) is 21.6. The van der Waals surface area contributed by atoms with Gasteiger partial charge in [-0.05, 0) is 52.0 Å². The zero-order chi connectivity index (χ0) is 12.2. The summed E-state index contributed by atoms with van der Waals surface area (Å²) in [7, 11) is 0. The summed E-state index contributed by atoms with van der Waals surface area (Å²) in [4.78, 5) is 2.63. The second kappa shape index (κ2) is 5.50. The van der Waals surface area contributed by atoms with Crippen LogP contribution >= 0.6 is 0 Å². The Labute approximate surface area is 102 Å². The Kier molecular flexibility index (Phi) is 4.81. The number of nitrogens with one attached hydrogen (secondary N) is 1. The van der Waals surface area contributed by atoms with E-state index in [1.807, 2.05) is 0 Å². The van der Waals surface area contributed by atoms with E-state index in [0.29, 0.717) is 5.41 Å². The number of hydrogen-bond donors (Lipinski definition) is 1. The average Bonchev–Trinajstić information content (AvgIpc) is 2.61. The molecule has 0 radical (unpaired) electrons. The molecule has 0 saturated carbocycles. The van der Waals surface area contributed by atoms with E-state index in [4.69, 9.17) is 0 Å². The first-order valence-corrected chi connectivity index (χ1v) is 6.88. The first-order valence-electron chi connectivity index (χ1n) is 6.88. The predicted molar refractivity (Wildman–Crippen MR) is 71.8 cm³/mol. The number of rotatable bonds is 5. The first-order chi connectivity index (χ1) is 7.41. The maximum absolute atomic E-state index is 3.57. The third-order valence-electron chi connectivity index (χ3n) is 4.10. The fourth-order valence-corrected chi connectivity index (χ4v) is 2.63. The Morgan fingerprint density at radius 3 is 2.25 bits per heavy atom. The highest BCUT2D eigenvalue weighted by atomic mass is 15.2. The van der Waals surface area contributed by atoms with Crippen LogP contribution in [0.15, 0.2) is 0 Å². The van der Waals surface area contributed by atoms with Crippen molar-refractivity contribution in [3.63, 3.8) is 0 Å². The minimum absolute atomic E-state index is 0.256. The molecule has 0 spiro atoms. The van der Waals surface area contributed by atoms with Crippen LogP contribution in [0.1, 0.15) is 53.9 Å². The van der Waals surface area contributed by atoms with Crippen LogP contribution in [0.4, 0.5) is 0 Å². The van der Waals surface area contributed by atoms with Crippen LogP contribution < -0.4 is 5.32 Å². The summed E-state index contributed by atoms with van der Waals surface area (Å²) in [6.07, 6.45) is 4.08. The minimum atomic E-state index is 0.256. The van der Waals surface area contributed by atoms with Gasteiger partial charge in [0.15, 0.2) is 0 Å². The fraction of sp³-hybridized carbons (Fsp3) is 1.00. The van der Waals surface area contributed by atoms with Gasteiger partial charge in [0.25, 0.3) is 0 Å². The second-order valence-corrected chi connectivity index (χ2v) is 6.41. The molecule has 0 aliphatic carbocycles. The van der Waals surface area contributed by atoms with Gasteiger partial charge in [-0.1, -0.05) is 13.8 Å². The van der Waals surface area contributed by atoms with Gasteiger partial charge >= 0.3 is 0 Å². The molecule has 0 unspecified atom stereocenters.